The molecule has 28 heavy (non-hydrogen) atoms. The molecule has 1 N–H and O–H groups in total. The number of benzene rings is 2. The van der Waals surface area contributed by atoms with E-state index in [1.807, 2.05) is 30.3 Å². The van der Waals surface area contributed by atoms with Gasteiger partial charge < -0.3 is 9.84 Å². The Morgan fingerprint density at radius 2 is 1.82 bits per heavy atom. The summed E-state index contributed by atoms with van der Waals surface area (Å²) in [5.41, 5.74) is 4.17. The minimum atomic E-state index is 0.0717. The van der Waals surface area contributed by atoms with Gasteiger partial charge in [0.2, 0.25) is 0 Å². The first-order chi connectivity index (χ1) is 13.4. The lowest BCUT2D eigenvalue weighted by molar-refractivity contribution is 0.0834. The van der Waals surface area contributed by atoms with Gasteiger partial charge in [0.25, 0.3) is 0 Å². The third-order valence-corrected chi connectivity index (χ3v) is 5.82. The van der Waals surface area contributed by atoms with Gasteiger partial charge in [0.15, 0.2) is 5.78 Å². The first-order valence-electron chi connectivity index (χ1n) is 10.1. The molecule has 1 heterocycles. The van der Waals surface area contributed by atoms with Crippen LogP contribution >= 0.6 is 0 Å². The van der Waals surface area contributed by atoms with E-state index >= 15 is 0 Å². The molecule has 3 rings (SSSR count). The Bertz CT molecular complexity index is 818. The summed E-state index contributed by atoms with van der Waals surface area (Å²) in [6.07, 6.45) is 1.71. The van der Waals surface area contributed by atoms with Gasteiger partial charge in [-0.2, -0.15) is 0 Å². The highest BCUT2D eigenvalue weighted by atomic mass is 16.5. The Morgan fingerprint density at radius 3 is 2.39 bits per heavy atom. The molecule has 0 radical (unpaired) electrons. The van der Waals surface area contributed by atoms with Crippen molar-refractivity contribution in [3.8, 4) is 11.5 Å². The van der Waals surface area contributed by atoms with Gasteiger partial charge in [0.1, 0.15) is 11.5 Å². The summed E-state index contributed by atoms with van der Waals surface area (Å²) in [6, 6.07) is 11.4. The Kier molecular flexibility index (Phi) is 6.40. The van der Waals surface area contributed by atoms with Crippen LogP contribution in [0.2, 0.25) is 0 Å². The van der Waals surface area contributed by atoms with E-state index in [4.69, 9.17) is 4.74 Å². The average Bonchev–Trinajstić information content (AvgIpc) is 2.70. The predicted octanol–water partition coefficient (Wildman–Crippen LogP) is 4.93. The van der Waals surface area contributed by atoms with E-state index in [2.05, 4.69) is 31.7 Å². The second-order valence-corrected chi connectivity index (χ2v) is 8.14. The number of Topliss-reactive ketones (excluding diaryl/α,β-unsaturated/α-hetero) is 1. The number of hydrogen-bond donors (Lipinski definition) is 1. The number of ketones is 1. The van der Waals surface area contributed by atoms with Crippen molar-refractivity contribution in [2.75, 3.05) is 20.2 Å². The van der Waals surface area contributed by atoms with Gasteiger partial charge >= 0.3 is 0 Å². The van der Waals surface area contributed by atoms with Crippen LogP contribution in [0.15, 0.2) is 36.4 Å². The highest BCUT2D eigenvalue weighted by molar-refractivity contribution is 5.98. The molecule has 0 amide bonds. The number of aryl methyl sites for hydroxylation is 1. The van der Waals surface area contributed by atoms with Gasteiger partial charge in [-0.3, -0.25) is 9.69 Å². The Hall–Kier alpha value is -2.33. The number of methoxy groups -OCH3 is 1. The number of phenols is 1. The van der Waals surface area contributed by atoms with Crippen LogP contribution in [0.4, 0.5) is 0 Å². The fourth-order valence-electron chi connectivity index (χ4n) is 4.09. The number of rotatable bonds is 6. The first-order valence-corrected chi connectivity index (χ1v) is 10.1. The highest BCUT2D eigenvalue weighted by Gasteiger charge is 2.26. The van der Waals surface area contributed by atoms with Crippen molar-refractivity contribution >= 4 is 5.78 Å². The van der Waals surface area contributed by atoms with Gasteiger partial charge in [-0.1, -0.05) is 19.9 Å². The van der Waals surface area contributed by atoms with Crippen LogP contribution in [-0.4, -0.2) is 36.0 Å². The molecule has 4 nitrogen and oxygen atoms in total. The van der Waals surface area contributed by atoms with Crippen molar-refractivity contribution in [3.05, 3.63) is 58.7 Å². The molecule has 2 aromatic rings. The fraction of sp³-hybridized carbons (Fsp3) is 0.458. The molecule has 1 aliphatic rings. The number of carbonyl (C=O) groups is 1. The van der Waals surface area contributed by atoms with Crippen LogP contribution in [0, 0.1) is 12.8 Å². The van der Waals surface area contributed by atoms with Gasteiger partial charge in [0.05, 0.1) is 7.11 Å². The number of carbonyl (C=O) groups excluding carboxylic acids is 1. The molecule has 0 unspecified atom stereocenters. The van der Waals surface area contributed by atoms with Gasteiger partial charge in [-0.05, 0) is 80.2 Å². The summed E-state index contributed by atoms with van der Waals surface area (Å²) >= 11 is 0. The molecule has 0 bridgehead atoms. The standard InChI is InChI=1S/C24H31NO3/c1-16(2)22-14-20(23(26)13-17(22)3)15-25-11-9-19(10-12-25)24(27)18-5-7-21(28-4)8-6-18/h5-8,13-14,16,19,26H,9-12,15H2,1-4H3. The van der Waals surface area contributed by atoms with E-state index in [1.54, 1.807) is 7.11 Å². The number of nitrogens with zero attached hydrogens (tertiary/aromatic N) is 1. The number of phenolic OH excluding ortho intramolecular Hbond substituents is 1. The largest absolute Gasteiger partial charge is 0.508 e. The van der Waals surface area contributed by atoms with Crippen LogP contribution in [0.25, 0.3) is 0 Å². The molecule has 4 heteroatoms. The quantitative estimate of drug-likeness (QED) is 0.721. The normalized spacial score (nSPS) is 15.8. The highest BCUT2D eigenvalue weighted by Crippen LogP contribution is 2.30. The maximum absolute atomic E-state index is 12.8. The van der Waals surface area contributed by atoms with Crippen molar-refractivity contribution in [1.82, 2.24) is 4.90 Å². The summed E-state index contributed by atoms with van der Waals surface area (Å²) < 4.78 is 5.17. The molecule has 150 valence electrons. The zero-order chi connectivity index (χ0) is 20.3. The molecule has 0 spiro atoms. The molecular weight excluding hydrogens is 350 g/mol. The van der Waals surface area contributed by atoms with Crippen molar-refractivity contribution in [1.29, 1.82) is 0 Å². The van der Waals surface area contributed by atoms with E-state index in [1.165, 1.54) is 5.56 Å². The minimum absolute atomic E-state index is 0.0717. The predicted molar refractivity (Wildman–Crippen MR) is 112 cm³/mol. The number of aromatic hydroxyl groups is 1. The number of hydrogen-bond acceptors (Lipinski definition) is 4. The van der Waals surface area contributed by atoms with Gasteiger partial charge in [0, 0.05) is 23.6 Å². The molecule has 0 aromatic heterocycles. The smallest absolute Gasteiger partial charge is 0.166 e. The van der Waals surface area contributed by atoms with Crippen LogP contribution in [0.1, 0.15) is 59.7 Å². The maximum Gasteiger partial charge on any atom is 0.166 e. The zero-order valence-corrected chi connectivity index (χ0v) is 17.4. The number of piperidine rings is 1. The lowest BCUT2D eigenvalue weighted by Gasteiger charge is -2.31. The van der Waals surface area contributed by atoms with E-state index in [-0.39, 0.29) is 11.7 Å². The van der Waals surface area contributed by atoms with Crippen molar-refractivity contribution in [3.63, 3.8) is 0 Å². The molecule has 0 atom stereocenters. The lowest BCUT2D eigenvalue weighted by atomic mass is 9.88. The van der Waals surface area contributed by atoms with Crippen molar-refractivity contribution < 1.29 is 14.6 Å². The Balaban J connectivity index is 1.61. The molecular formula is C24H31NO3. The summed E-state index contributed by atoms with van der Waals surface area (Å²) in [4.78, 5) is 15.1. The second kappa shape index (κ2) is 8.78. The topological polar surface area (TPSA) is 49.8 Å². The van der Waals surface area contributed by atoms with Crippen molar-refractivity contribution in [2.45, 2.75) is 46.1 Å². The van der Waals surface area contributed by atoms with Gasteiger partial charge in [-0.25, -0.2) is 0 Å². The first kappa shape index (κ1) is 20.4. The number of likely N-dealkylation sites (tertiary alicyclic amines) is 1. The molecule has 0 aliphatic carbocycles. The van der Waals surface area contributed by atoms with Crippen LogP contribution in [0.3, 0.4) is 0 Å². The zero-order valence-electron chi connectivity index (χ0n) is 17.4. The molecule has 1 saturated heterocycles. The van der Waals surface area contributed by atoms with E-state index in [9.17, 15) is 9.90 Å². The summed E-state index contributed by atoms with van der Waals surface area (Å²) in [7, 11) is 1.63. The SMILES string of the molecule is COc1ccc(C(=O)C2CCN(Cc3cc(C(C)C)c(C)cc3O)CC2)cc1. The molecule has 2 aromatic carbocycles. The monoisotopic (exact) mass is 381 g/mol. The Morgan fingerprint density at radius 1 is 1.18 bits per heavy atom. The summed E-state index contributed by atoms with van der Waals surface area (Å²) in [5.74, 6) is 1.88. The third-order valence-electron chi connectivity index (χ3n) is 5.82. The van der Waals surface area contributed by atoms with Crippen molar-refractivity contribution in [2.24, 2.45) is 5.92 Å². The summed E-state index contributed by atoms with van der Waals surface area (Å²) in [6.45, 7) is 8.89. The lowest BCUT2D eigenvalue weighted by Crippen LogP contribution is -2.36. The maximum atomic E-state index is 12.8. The Labute approximate surface area is 168 Å². The molecule has 1 fully saturated rings. The molecule has 0 saturated carbocycles. The van der Waals surface area contributed by atoms with E-state index in [0.29, 0.717) is 11.7 Å². The van der Waals surface area contributed by atoms with Crippen LogP contribution in [0.5, 0.6) is 11.5 Å². The van der Waals surface area contributed by atoms with E-state index in [0.717, 1.165) is 54.9 Å². The number of ether oxygens (including phenoxy) is 1. The molecule has 1 aliphatic heterocycles. The minimum Gasteiger partial charge on any atom is -0.508 e. The summed E-state index contributed by atoms with van der Waals surface area (Å²) in [5, 5.41) is 10.4. The third kappa shape index (κ3) is 4.56. The van der Waals surface area contributed by atoms with Crippen LogP contribution < -0.4 is 4.74 Å². The van der Waals surface area contributed by atoms with Gasteiger partial charge in [-0.15, -0.1) is 0 Å². The fourth-order valence-corrected chi connectivity index (χ4v) is 4.09. The van der Waals surface area contributed by atoms with E-state index < -0.39 is 0 Å². The van der Waals surface area contributed by atoms with Crippen LogP contribution in [-0.2, 0) is 6.54 Å². The second-order valence-electron chi connectivity index (χ2n) is 8.14. The average molecular weight is 382 g/mol.